The Morgan fingerprint density at radius 1 is 0.789 bits per heavy atom. The van der Waals surface area contributed by atoms with Gasteiger partial charge in [0.1, 0.15) is 5.75 Å². The molecule has 2 aromatic carbocycles. The first-order valence-corrected chi connectivity index (χ1v) is 6.55. The van der Waals surface area contributed by atoms with Gasteiger partial charge in [-0.1, -0.05) is 24.3 Å². The van der Waals surface area contributed by atoms with Gasteiger partial charge in [-0.15, -0.1) is 0 Å². The van der Waals surface area contributed by atoms with Gasteiger partial charge in [0.25, 0.3) is 0 Å². The molecule has 19 heavy (non-hydrogen) atoms. The van der Waals surface area contributed by atoms with Gasteiger partial charge in [0.05, 0.1) is 13.2 Å². The van der Waals surface area contributed by atoms with Crippen molar-refractivity contribution in [2.45, 2.75) is 0 Å². The Bertz CT molecular complexity index is 528. The van der Waals surface area contributed by atoms with Crippen molar-refractivity contribution in [1.82, 2.24) is 0 Å². The summed E-state index contributed by atoms with van der Waals surface area (Å²) in [5.74, 6) is 0.300. The lowest BCUT2D eigenvalue weighted by Crippen LogP contribution is -2.36. The van der Waals surface area contributed by atoms with Crippen molar-refractivity contribution in [2.75, 3.05) is 31.2 Å². The molecule has 1 saturated heterocycles. The van der Waals surface area contributed by atoms with Crippen LogP contribution in [0.3, 0.4) is 0 Å². The largest absolute Gasteiger partial charge is 0.508 e. The van der Waals surface area contributed by atoms with Crippen LogP contribution in [-0.2, 0) is 4.74 Å². The Hall–Kier alpha value is -2.00. The number of benzene rings is 2. The molecule has 1 aliphatic rings. The number of anilines is 1. The summed E-state index contributed by atoms with van der Waals surface area (Å²) < 4.78 is 5.36. The normalized spacial score (nSPS) is 15.5. The van der Waals surface area contributed by atoms with Gasteiger partial charge in [-0.05, 0) is 35.4 Å². The number of hydrogen-bond acceptors (Lipinski definition) is 3. The summed E-state index contributed by atoms with van der Waals surface area (Å²) in [4.78, 5) is 2.34. The van der Waals surface area contributed by atoms with Crippen LogP contribution in [0.4, 0.5) is 5.69 Å². The number of ether oxygens (including phenoxy) is 1. The first-order valence-electron chi connectivity index (χ1n) is 6.55. The smallest absolute Gasteiger partial charge is 0.115 e. The summed E-state index contributed by atoms with van der Waals surface area (Å²) in [5.41, 5.74) is 3.52. The van der Waals surface area contributed by atoms with Crippen molar-refractivity contribution in [3.8, 4) is 16.9 Å². The zero-order valence-electron chi connectivity index (χ0n) is 10.7. The average molecular weight is 255 g/mol. The summed E-state index contributed by atoms with van der Waals surface area (Å²) in [6.07, 6.45) is 0. The van der Waals surface area contributed by atoms with E-state index >= 15 is 0 Å². The molecule has 0 saturated carbocycles. The van der Waals surface area contributed by atoms with E-state index in [1.54, 1.807) is 12.1 Å². The predicted molar refractivity (Wildman–Crippen MR) is 76.6 cm³/mol. The summed E-state index contributed by atoms with van der Waals surface area (Å²) in [6.45, 7) is 3.52. The molecule has 1 aliphatic heterocycles. The molecule has 0 radical (unpaired) electrons. The summed E-state index contributed by atoms with van der Waals surface area (Å²) >= 11 is 0. The van der Waals surface area contributed by atoms with E-state index in [1.807, 2.05) is 12.1 Å². The van der Waals surface area contributed by atoms with Crippen LogP contribution >= 0.6 is 0 Å². The molecule has 2 aromatic rings. The van der Waals surface area contributed by atoms with E-state index in [4.69, 9.17) is 4.74 Å². The third-order valence-corrected chi connectivity index (χ3v) is 3.44. The topological polar surface area (TPSA) is 32.7 Å². The summed E-state index contributed by atoms with van der Waals surface area (Å²) in [6, 6.07) is 15.8. The number of aromatic hydroxyl groups is 1. The third-order valence-electron chi connectivity index (χ3n) is 3.44. The van der Waals surface area contributed by atoms with Gasteiger partial charge in [0, 0.05) is 18.8 Å². The van der Waals surface area contributed by atoms with Gasteiger partial charge in [-0.25, -0.2) is 0 Å². The van der Waals surface area contributed by atoms with Crippen LogP contribution in [0, 0.1) is 0 Å². The Morgan fingerprint density at radius 3 is 1.89 bits per heavy atom. The second-order valence-corrected chi connectivity index (χ2v) is 4.69. The minimum absolute atomic E-state index is 0.300. The molecule has 1 N–H and O–H groups in total. The van der Waals surface area contributed by atoms with Gasteiger partial charge >= 0.3 is 0 Å². The van der Waals surface area contributed by atoms with E-state index in [0.29, 0.717) is 5.75 Å². The first kappa shape index (κ1) is 12.1. The molecule has 0 aliphatic carbocycles. The zero-order chi connectivity index (χ0) is 13.1. The fourth-order valence-corrected chi connectivity index (χ4v) is 2.34. The molecule has 1 fully saturated rings. The van der Waals surface area contributed by atoms with Crippen LogP contribution in [0.5, 0.6) is 5.75 Å². The van der Waals surface area contributed by atoms with Crippen LogP contribution in [0.15, 0.2) is 48.5 Å². The lowest BCUT2D eigenvalue weighted by Gasteiger charge is -2.28. The van der Waals surface area contributed by atoms with Gasteiger partial charge in [-0.3, -0.25) is 0 Å². The molecule has 1 heterocycles. The SMILES string of the molecule is Oc1ccc(-c2ccc(N3CCOCC3)cc2)cc1. The molecule has 98 valence electrons. The molecule has 3 rings (SSSR count). The molecule has 3 heteroatoms. The average Bonchev–Trinajstić information content (AvgIpc) is 2.49. The lowest BCUT2D eigenvalue weighted by atomic mass is 10.1. The maximum Gasteiger partial charge on any atom is 0.115 e. The highest BCUT2D eigenvalue weighted by Gasteiger charge is 2.10. The highest BCUT2D eigenvalue weighted by Crippen LogP contribution is 2.25. The van der Waals surface area contributed by atoms with Crippen molar-refractivity contribution in [1.29, 1.82) is 0 Å². The van der Waals surface area contributed by atoms with Gasteiger partial charge in [0.2, 0.25) is 0 Å². The fourth-order valence-electron chi connectivity index (χ4n) is 2.34. The minimum atomic E-state index is 0.300. The molecular weight excluding hydrogens is 238 g/mol. The minimum Gasteiger partial charge on any atom is -0.508 e. The monoisotopic (exact) mass is 255 g/mol. The van der Waals surface area contributed by atoms with Gasteiger partial charge < -0.3 is 14.7 Å². The second-order valence-electron chi connectivity index (χ2n) is 4.69. The van der Waals surface area contributed by atoms with E-state index in [0.717, 1.165) is 37.4 Å². The van der Waals surface area contributed by atoms with Crippen molar-refractivity contribution in [3.63, 3.8) is 0 Å². The molecule has 0 spiro atoms. The number of phenolic OH excluding ortho intramolecular Hbond substituents is 1. The number of morpholine rings is 1. The Balaban J connectivity index is 1.80. The van der Waals surface area contributed by atoms with Crippen LogP contribution in [0.1, 0.15) is 0 Å². The van der Waals surface area contributed by atoms with Crippen LogP contribution in [0.25, 0.3) is 11.1 Å². The fraction of sp³-hybridized carbons (Fsp3) is 0.250. The number of nitrogens with zero attached hydrogens (tertiary/aromatic N) is 1. The third kappa shape index (κ3) is 2.71. The van der Waals surface area contributed by atoms with E-state index in [1.165, 1.54) is 5.69 Å². The molecule has 0 aromatic heterocycles. The Labute approximate surface area is 113 Å². The predicted octanol–water partition coefficient (Wildman–Crippen LogP) is 2.90. The van der Waals surface area contributed by atoms with Crippen LogP contribution < -0.4 is 4.90 Å². The molecule has 0 unspecified atom stereocenters. The van der Waals surface area contributed by atoms with Crippen molar-refractivity contribution < 1.29 is 9.84 Å². The van der Waals surface area contributed by atoms with E-state index in [2.05, 4.69) is 29.2 Å². The maximum atomic E-state index is 9.30. The van der Waals surface area contributed by atoms with E-state index in [9.17, 15) is 5.11 Å². The first-order chi connectivity index (χ1) is 9.33. The molecule has 0 amide bonds. The molecule has 0 atom stereocenters. The number of hydrogen-bond donors (Lipinski definition) is 1. The summed E-state index contributed by atoms with van der Waals surface area (Å²) in [7, 11) is 0. The second kappa shape index (κ2) is 5.33. The van der Waals surface area contributed by atoms with E-state index < -0.39 is 0 Å². The molecular formula is C16H17NO2. The Kier molecular flexibility index (Phi) is 3.38. The zero-order valence-corrected chi connectivity index (χ0v) is 10.7. The van der Waals surface area contributed by atoms with E-state index in [-0.39, 0.29) is 0 Å². The highest BCUT2D eigenvalue weighted by atomic mass is 16.5. The number of phenols is 1. The van der Waals surface area contributed by atoms with Crippen molar-refractivity contribution in [2.24, 2.45) is 0 Å². The maximum absolute atomic E-state index is 9.30. The molecule has 3 nitrogen and oxygen atoms in total. The number of rotatable bonds is 2. The van der Waals surface area contributed by atoms with Gasteiger partial charge in [0.15, 0.2) is 0 Å². The van der Waals surface area contributed by atoms with Crippen LogP contribution in [-0.4, -0.2) is 31.4 Å². The van der Waals surface area contributed by atoms with Crippen molar-refractivity contribution >= 4 is 5.69 Å². The van der Waals surface area contributed by atoms with Crippen LogP contribution in [0.2, 0.25) is 0 Å². The standard InChI is InChI=1S/C16H17NO2/c18-16-7-3-14(4-8-16)13-1-5-15(6-2-13)17-9-11-19-12-10-17/h1-8,18H,9-12H2. The summed E-state index contributed by atoms with van der Waals surface area (Å²) in [5, 5.41) is 9.30. The molecule has 0 bridgehead atoms. The lowest BCUT2D eigenvalue weighted by molar-refractivity contribution is 0.122. The Morgan fingerprint density at radius 2 is 1.32 bits per heavy atom. The van der Waals surface area contributed by atoms with Gasteiger partial charge in [-0.2, -0.15) is 0 Å². The van der Waals surface area contributed by atoms with Crippen molar-refractivity contribution in [3.05, 3.63) is 48.5 Å². The highest BCUT2D eigenvalue weighted by molar-refractivity contribution is 5.67. The quantitative estimate of drug-likeness (QED) is 0.895.